The summed E-state index contributed by atoms with van der Waals surface area (Å²) in [5, 5.41) is 0. The van der Waals surface area contributed by atoms with Gasteiger partial charge < -0.3 is 9.05 Å². The first kappa shape index (κ1) is 27.9. The quantitative estimate of drug-likeness (QED) is 0.166. The Kier molecular flexibility index (Phi) is 16.6. The lowest BCUT2D eigenvalue weighted by Crippen LogP contribution is -2.00. The lowest BCUT2D eigenvalue weighted by Gasteiger charge is -2.16. The predicted octanol–water partition coefficient (Wildman–Crippen LogP) is 8.64. The summed E-state index contributed by atoms with van der Waals surface area (Å²) < 4.78 is 23.2. The number of allylic oxidation sites excluding steroid dienone is 2. The first-order valence-corrected chi connectivity index (χ1v) is 13.5. The molecule has 0 heterocycles. The summed E-state index contributed by atoms with van der Waals surface area (Å²) in [6.07, 6.45) is 14.3. The van der Waals surface area contributed by atoms with Gasteiger partial charge in [0, 0.05) is 0 Å². The van der Waals surface area contributed by atoms with Crippen LogP contribution in [0.5, 0.6) is 0 Å². The fourth-order valence-electron chi connectivity index (χ4n) is 3.61. The largest absolute Gasteiger partial charge is 0.334 e. The summed E-state index contributed by atoms with van der Waals surface area (Å²) in [6.45, 7) is 16.1. The first-order chi connectivity index (χ1) is 13.2. The molecule has 3 nitrogen and oxygen atoms in total. The van der Waals surface area contributed by atoms with E-state index in [0.29, 0.717) is 19.4 Å². The van der Waals surface area contributed by atoms with Crippen LogP contribution in [0, 0.1) is 17.8 Å². The molecule has 28 heavy (non-hydrogen) atoms. The standard InChI is InChI=1S/C24H49O3P/c1-8-26-28(25,27-9-2)20-19-24(7)18-12-17-23(6)16-11-15-22(5)14-10-13-21(3)4/h19,21-23H,8-18,20H2,1-7H3/b24-19+. The molecule has 168 valence electrons. The summed E-state index contributed by atoms with van der Waals surface area (Å²) in [7, 11) is -2.94. The lowest BCUT2D eigenvalue weighted by atomic mass is 9.91. The highest BCUT2D eigenvalue weighted by molar-refractivity contribution is 7.54. The van der Waals surface area contributed by atoms with Gasteiger partial charge in [-0.15, -0.1) is 0 Å². The molecule has 0 saturated heterocycles. The van der Waals surface area contributed by atoms with E-state index in [9.17, 15) is 4.57 Å². The van der Waals surface area contributed by atoms with Crippen molar-refractivity contribution in [2.75, 3.05) is 19.4 Å². The molecule has 0 aliphatic rings. The van der Waals surface area contributed by atoms with Crippen LogP contribution in [0.15, 0.2) is 11.6 Å². The maximum absolute atomic E-state index is 12.5. The van der Waals surface area contributed by atoms with Crippen molar-refractivity contribution in [1.29, 1.82) is 0 Å². The molecule has 0 rings (SSSR count). The van der Waals surface area contributed by atoms with Crippen LogP contribution in [0.3, 0.4) is 0 Å². The van der Waals surface area contributed by atoms with E-state index in [1.807, 2.05) is 13.8 Å². The van der Waals surface area contributed by atoms with Crippen LogP contribution >= 0.6 is 7.60 Å². The SMILES string of the molecule is CCOP(=O)(C/C=C(\C)CCCC(C)CCCC(C)CCCC(C)C)OCC. The van der Waals surface area contributed by atoms with Crippen LogP contribution < -0.4 is 0 Å². The Balaban J connectivity index is 3.94. The molecule has 2 atom stereocenters. The van der Waals surface area contributed by atoms with E-state index in [0.717, 1.165) is 24.2 Å². The Morgan fingerprint density at radius 3 is 1.75 bits per heavy atom. The Labute approximate surface area is 176 Å². The highest BCUT2D eigenvalue weighted by atomic mass is 31.2. The van der Waals surface area contributed by atoms with Crippen molar-refractivity contribution in [1.82, 2.24) is 0 Å². The molecule has 2 unspecified atom stereocenters. The maximum Gasteiger partial charge on any atom is 0.334 e. The monoisotopic (exact) mass is 416 g/mol. The highest BCUT2D eigenvalue weighted by Gasteiger charge is 2.21. The summed E-state index contributed by atoms with van der Waals surface area (Å²) in [5.41, 5.74) is 1.30. The van der Waals surface area contributed by atoms with Crippen molar-refractivity contribution in [3.05, 3.63) is 11.6 Å². The van der Waals surface area contributed by atoms with E-state index in [-0.39, 0.29) is 0 Å². The van der Waals surface area contributed by atoms with Crippen molar-refractivity contribution in [3.63, 3.8) is 0 Å². The van der Waals surface area contributed by atoms with E-state index < -0.39 is 7.60 Å². The molecule has 0 saturated carbocycles. The van der Waals surface area contributed by atoms with Gasteiger partial charge in [-0.25, -0.2) is 0 Å². The molecule has 0 aromatic carbocycles. The van der Waals surface area contributed by atoms with Gasteiger partial charge >= 0.3 is 7.60 Å². The van der Waals surface area contributed by atoms with Crippen LogP contribution in [-0.4, -0.2) is 19.4 Å². The summed E-state index contributed by atoms with van der Waals surface area (Å²) in [5.74, 6) is 2.52. The van der Waals surface area contributed by atoms with Gasteiger partial charge in [0.25, 0.3) is 0 Å². The second-order valence-electron chi connectivity index (χ2n) is 9.04. The third-order valence-electron chi connectivity index (χ3n) is 5.46. The van der Waals surface area contributed by atoms with Gasteiger partial charge in [0.15, 0.2) is 0 Å². The Morgan fingerprint density at radius 2 is 1.29 bits per heavy atom. The van der Waals surface area contributed by atoms with E-state index in [1.54, 1.807) is 0 Å². The fourth-order valence-corrected chi connectivity index (χ4v) is 5.22. The zero-order valence-electron chi connectivity index (χ0n) is 20.0. The molecule has 0 aliphatic carbocycles. The van der Waals surface area contributed by atoms with Crippen LogP contribution in [0.25, 0.3) is 0 Å². The van der Waals surface area contributed by atoms with E-state index in [1.165, 1.54) is 56.9 Å². The van der Waals surface area contributed by atoms with Crippen LogP contribution in [0.2, 0.25) is 0 Å². The Hall–Kier alpha value is -0.110. The second-order valence-corrected chi connectivity index (χ2v) is 11.1. The fraction of sp³-hybridized carbons (Fsp3) is 0.917. The molecule has 0 N–H and O–H groups in total. The van der Waals surface area contributed by atoms with Crippen LogP contribution in [0.4, 0.5) is 0 Å². The van der Waals surface area contributed by atoms with Crippen molar-refractivity contribution < 1.29 is 13.6 Å². The smallest absolute Gasteiger partial charge is 0.309 e. The summed E-state index contributed by atoms with van der Waals surface area (Å²) >= 11 is 0. The molecule has 0 bridgehead atoms. The summed E-state index contributed by atoms with van der Waals surface area (Å²) in [6, 6.07) is 0. The molecule has 0 aliphatic heterocycles. The topological polar surface area (TPSA) is 35.5 Å². The number of rotatable bonds is 18. The third-order valence-corrected chi connectivity index (χ3v) is 7.39. The minimum absolute atomic E-state index is 0.394. The molecule has 0 fully saturated rings. The van der Waals surface area contributed by atoms with Gasteiger partial charge in [-0.2, -0.15) is 0 Å². The van der Waals surface area contributed by atoms with Crippen LogP contribution in [-0.2, 0) is 13.6 Å². The van der Waals surface area contributed by atoms with Gasteiger partial charge in [-0.1, -0.05) is 84.3 Å². The first-order valence-electron chi connectivity index (χ1n) is 11.8. The lowest BCUT2D eigenvalue weighted by molar-refractivity contribution is 0.222. The van der Waals surface area contributed by atoms with Crippen molar-refractivity contribution in [2.24, 2.45) is 17.8 Å². The number of hydrogen-bond acceptors (Lipinski definition) is 3. The van der Waals surface area contributed by atoms with Crippen molar-refractivity contribution in [2.45, 2.75) is 106 Å². The number of hydrogen-bond donors (Lipinski definition) is 0. The minimum atomic E-state index is -2.94. The van der Waals surface area contributed by atoms with E-state index >= 15 is 0 Å². The third kappa shape index (κ3) is 15.8. The predicted molar refractivity (Wildman–Crippen MR) is 124 cm³/mol. The summed E-state index contributed by atoms with van der Waals surface area (Å²) in [4.78, 5) is 0. The molecular formula is C24H49O3P. The van der Waals surface area contributed by atoms with E-state index in [2.05, 4.69) is 40.7 Å². The molecular weight excluding hydrogens is 367 g/mol. The Morgan fingerprint density at radius 1 is 0.821 bits per heavy atom. The average molecular weight is 417 g/mol. The zero-order valence-corrected chi connectivity index (χ0v) is 20.9. The zero-order chi connectivity index (χ0) is 21.4. The van der Waals surface area contributed by atoms with Crippen LogP contribution in [0.1, 0.15) is 106 Å². The molecule has 0 spiro atoms. The van der Waals surface area contributed by atoms with Gasteiger partial charge in [-0.05, 0) is 51.4 Å². The average Bonchev–Trinajstić information content (AvgIpc) is 2.60. The van der Waals surface area contributed by atoms with Crippen molar-refractivity contribution in [3.8, 4) is 0 Å². The van der Waals surface area contributed by atoms with Crippen molar-refractivity contribution >= 4 is 7.60 Å². The normalized spacial score (nSPS) is 15.2. The van der Waals surface area contributed by atoms with Gasteiger partial charge in [0.1, 0.15) is 0 Å². The minimum Gasteiger partial charge on any atom is -0.309 e. The molecule has 0 aromatic heterocycles. The van der Waals surface area contributed by atoms with Gasteiger partial charge in [-0.3, -0.25) is 4.57 Å². The van der Waals surface area contributed by atoms with E-state index in [4.69, 9.17) is 9.05 Å². The molecule has 0 aromatic rings. The van der Waals surface area contributed by atoms with Gasteiger partial charge in [0.05, 0.1) is 19.4 Å². The highest BCUT2D eigenvalue weighted by Crippen LogP contribution is 2.48. The molecule has 0 radical (unpaired) electrons. The maximum atomic E-state index is 12.5. The molecule has 4 heteroatoms. The molecule has 0 amide bonds. The van der Waals surface area contributed by atoms with Gasteiger partial charge in [0.2, 0.25) is 0 Å². The Bertz CT molecular complexity index is 435. The second kappa shape index (κ2) is 16.7.